The Morgan fingerprint density at radius 2 is 2.09 bits per heavy atom. The molecule has 3 heterocycles. The first-order chi connectivity index (χ1) is 11.0. The molecule has 0 spiro atoms. The van der Waals surface area contributed by atoms with E-state index in [1.165, 1.54) is 17.2 Å². The molecule has 0 saturated carbocycles. The number of H-pyrrole nitrogens is 2. The largest absolute Gasteiger partial charge is 0.325 e. The van der Waals surface area contributed by atoms with Crippen LogP contribution in [0.25, 0.3) is 0 Å². The van der Waals surface area contributed by atoms with Gasteiger partial charge in [-0.15, -0.1) is 0 Å². The lowest BCUT2D eigenvalue weighted by atomic mass is 10.1. The van der Waals surface area contributed by atoms with Crippen LogP contribution >= 0.6 is 0 Å². The number of pyridine rings is 1. The van der Waals surface area contributed by atoms with E-state index in [9.17, 15) is 9.59 Å². The van der Waals surface area contributed by atoms with Gasteiger partial charge in [0.15, 0.2) is 0 Å². The Labute approximate surface area is 134 Å². The molecule has 1 unspecified atom stereocenters. The van der Waals surface area contributed by atoms with Crippen molar-refractivity contribution in [1.82, 2.24) is 19.9 Å². The molecule has 2 N–H and O–H groups in total. The molecule has 0 bridgehead atoms. The fourth-order valence-electron chi connectivity index (χ4n) is 3.27. The molecule has 3 rings (SSSR count). The normalized spacial score (nSPS) is 18.4. The first-order valence-corrected chi connectivity index (χ1v) is 7.99. The van der Waals surface area contributed by atoms with Crippen molar-refractivity contribution in [3.05, 3.63) is 61.7 Å². The highest BCUT2D eigenvalue weighted by molar-refractivity contribution is 5.23. The number of rotatable bonds is 4. The number of aromatic nitrogens is 3. The lowest BCUT2D eigenvalue weighted by molar-refractivity contribution is 0.337. The number of nitrogens with zero attached hydrogens (tertiary/aromatic N) is 2. The maximum Gasteiger partial charge on any atom is 0.325 e. The third kappa shape index (κ3) is 3.76. The highest BCUT2D eigenvalue weighted by Gasteiger charge is 2.24. The van der Waals surface area contributed by atoms with Crippen LogP contribution in [0.3, 0.4) is 0 Å². The van der Waals surface area contributed by atoms with Crippen LogP contribution in [-0.4, -0.2) is 39.5 Å². The zero-order chi connectivity index (χ0) is 16.4. The Bertz CT molecular complexity index is 780. The molecule has 1 aliphatic heterocycles. The Hall–Kier alpha value is -2.21. The number of likely N-dealkylation sites (tertiary alicyclic amines) is 1. The average Bonchev–Trinajstić information content (AvgIpc) is 2.94. The van der Waals surface area contributed by atoms with Crippen molar-refractivity contribution in [1.29, 1.82) is 0 Å². The summed E-state index contributed by atoms with van der Waals surface area (Å²) in [7, 11) is 0. The van der Waals surface area contributed by atoms with Gasteiger partial charge in [-0.25, -0.2) is 4.79 Å². The molecule has 1 fully saturated rings. The first-order valence-electron chi connectivity index (χ1n) is 7.99. The molecule has 0 aromatic carbocycles. The lowest BCUT2D eigenvalue weighted by Crippen LogP contribution is -2.26. The van der Waals surface area contributed by atoms with Gasteiger partial charge in [0, 0.05) is 49.1 Å². The first kappa shape index (κ1) is 15.7. The summed E-state index contributed by atoms with van der Waals surface area (Å²) in [4.78, 5) is 34.7. The second-order valence-corrected chi connectivity index (χ2v) is 6.36. The monoisotopic (exact) mass is 314 g/mol. The minimum atomic E-state index is -0.426. The summed E-state index contributed by atoms with van der Waals surface area (Å²) in [5.41, 5.74) is 3.55. The molecule has 1 aliphatic rings. The predicted molar refractivity (Wildman–Crippen MR) is 88.9 cm³/mol. The topological polar surface area (TPSA) is 81.8 Å². The van der Waals surface area contributed by atoms with Crippen molar-refractivity contribution >= 4 is 0 Å². The van der Waals surface area contributed by atoms with Crippen molar-refractivity contribution < 1.29 is 0 Å². The number of hydrogen-bond acceptors (Lipinski definition) is 4. The molecule has 1 atom stereocenters. The van der Waals surface area contributed by atoms with Crippen molar-refractivity contribution in [3.63, 3.8) is 0 Å². The van der Waals surface area contributed by atoms with Crippen molar-refractivity contribution in [2.75, 3.05) is 19.6 Å². The quantitative estimate of drug-likeness (QED) is 0.885. The zero-order valence-electron chi connectivity index (χ0n) is 13.6. The maximum atomic E-state index is 11.4. The van der Waals surface area contributed by atoms with Crippen molar-refractivity contribution in [3.8, 4) is 0 Å². The summed E-state index contributed by atoms with van der Waals surface area (Å²) < 4.78 is 0. The number of hydrogen-bond donors (Lipinski definition) is 2. The molecule has 0 aliphatic carbocycles. The maximum absolute atomic E-state index is 11.4. The van der Waals surface area contributed by atoms with Gasteiger partial charge in [0.1, 0.15) is 0 Å². The van der Waals surface area contributed by atoms with Gasteiger partial charge in [0.2, 0.25) is 0 Å². The molecule has 2 aromatic rings. The molecule has 6 nitrogen and oxygen atoms in total. The third-order valence-corrected chi connectivity index (χ3v) is 4.48. The standard InChI is InChI=1S/C17H22N4O2/c1-11-7-12(2)14(18-9-11)4-6-21-5-3-13(10-21)15-8-16(22)20-17(23)19-15/h7-9,13H,3-6,10H2,1-2H3,(H2,19,20,22,23). The van der Waals surface area contributed by atoms with Crippen LogP contribution in [-0.2, 0) is 6.42 Å². The van der Waals surface area contributed by atoms with E-state index in [1.807, 2.05) is 6.20 Å². The molecule has 0 radical (unpaired) electrons. The summed E-state index contributed by atoms with van der Waals surface area (Å²) in [5, 5.41) is 0. The van der Waals surface area contributed by atoms with E-state index in [1.54, 1.807) is 0 Å². The molecular formula is C17H22N4O2. The lowest BCUT2D eigenvalue weighted by Gasteiger charge is -2.16. The molecule has 0 amide bonds. The SMILES string of the molecule is Cc1cnc(CCN2CCC(c3cc(=O)[nH]c(=O)[nH]3)C2)c(C)c1. The highest BCUT2D eigenvalue weighted by Crippen LogP contribution is 2.24. The van der Waals surface area contributed by atoms with Gasteiger partial charge in [-0.3, -0.25) is 14.8 Å². The van der Waals surface area contributed by atoms with Crippen LogP contribution in [0.5, 0.6) is 0 Å². The van der Waals surface area contributed by atoms with Crippen LogP contribution in [0.2, 0.25) is 0 Å². The van der Waals surface area contributed by atoms with Gasteiger partial charge in [0.25, 0.3) is 5.56 Å². The van der Waals surface area contributed by atoms with Crippen LogP contribution in [0, 0.1) is 13.8 Å². The van der Waals surface area contributed by atoms with Crippen LogP contribution in [0.1, 0.15) is 34.9 Å². The van der Waals surface area contributed by atoms with Crippen LogP contribution in [0.4, 0.5) is 0 Å². The van der Waals surface area contributed by atoms with Crippen molar-refractivity contribution in [2.24, 2.45) is 0 Å². The summed E-state index contributed by atoms with van der Waals surface area (Å²) in [6, 6.07) is 3.66. The summed E-state index contributed by atoms with van der Waals surface area (Å²) in [5.74, 6) is 0.220. The minimum absolute atomic E-state index is 0.220. The fourth-order valence-corrected chi connectivity index (χ4v) is 3.27. The van der Waals surface area contributed by atoms with E-state index in [4.69, 9.17) is 0 Å². The van der Waals surface area contributed by atoms with Gasteiger partial charge < -0.3 is 9.88 Å². The van der Waals surface area contributed by atoms with Crippen LogP contribution in [0.15, 0.2) is 27.9 Å². The van der Waals surface area contributed by atoms with Gasteiger partial charge in [-0.1, -0.05) is 6.07 Å². The number of aryl methyl sites for hydroxylation is 2. The zero-order valence-corrected chi connectivity index (χ0v) is 13.6. The van der Waals surface area contributed by atoms with E-state index in [0.29, 0.717) is 0 Å². The van der Waals surface area contributed by atoms with Gasteiger partial charge in [-0.05, 0) is 37.9 Å². The molecule has 6 heteroatoms. The van der Waals surface area contributed by atoms with Gasteiger partial charge in [0.05, 0.1) is 0 Å². The second-order valence-electron chi connectivity index (χ2n) is 6.36. The van der Waals surface area contributed by atoms with Gasteiger partial charge >= 0.3 is 5.69 Å². The number of aromatic amines is 2. The Morgan fingerprint density at radius 1 is 1.26 bits per heavy atom. The highest BCUT2D eigenvalue weighted by atomic mass is 16.2. The Balaban J connectivity index is 1.61. The molecule has 1 saturated heterocycles. The van der Waals surface area contributed by atoms with E-state index in [-0.39, 0.29) is 11.5 Å². The van der Waals surface area contributed by atoms with E-state index in [0.717, 1.165) is 43.9 Å². The Kier molecular flexibility index (Phi) is 4.43. The molecule has 23 heavy (non-hydrogen) atoms. The molecule has 2 aromatic heterocycles. The smallest absolute Gasteiger partial charge is 0.311 e. The Morgan fingerprint density at radius 3 is 2.83 bits per heavy atom. The van der Waals surface area contributed by atoms with Crippen LogP contribution < -0.4 is 11.2 Å². The average molecular weight is 314 g/mol. The molecule has 122 valence electrons. The second kappa shape index (κ2) is 6.50. The summed E-state index contributed by atoms with van der Waals surface area (Å²) in [6.45, 7) is 6.94. The third-order valence-electron chi connectivity index (χ3n) is 4.48. The summed E-state index contributed by atoms with van der Waals surface area (Å²) in [6.07, 6.45) is 3.79. The predicted octanol–water partition coefficient (Wildman–Crippen LogP) is 1.11. The van der Waals surface area contributed by atoms with E-state index in [2.05, 4.69) is 39.8 Å². The number of nitrogens with one attached hydrogen (secondary N) is 2. The van der Waals surface area contributed by atoms with E-state index >= 15 is 0 Å². The summed E-state index contributed by atoms with van der Waals surface area (Å²) >= 11 is 0. The minimum Gasteiger partial charge on any atom is -0.311 e. The molecular weight excluding hydrogens is 292 g/mol. The van der Waals surface area contributed by atoms with Gasteiger partial charge in [-0.2, -0.15) is 0 Å². The van der Waals surface area contributed by atoms with Crippen molar-refractivity contribution in [2.45, 2.75) is 32.6 Å². The van der Waals surface area contributed by atoms with E-state index < -0.39 is 5.69 Å². The fraction of sp³-hybridized carbons (Fsp3) is 0.471.